The van der Waals surface area contributed by atoms with Crippen molar-refractivity contribution in [1.82, 2.24) is 9.97 Å². The number of sulfone groups is 1. The van der Waals surface area contributed by atoms with Crippen LogP contribution in [0.4, 0.5) is 5.13 Å². The summed E-state index contributed by atoms with van der Waals surface area (Å²) in [6.45, 7) is 0.252. The molecule has 0 aliphatic heterocycles. The van der Waals surface area contributed by atoms with Crippen molar-refractivity contribution >= 4 is 42.4 Å². The Morgan fingerprint density at radius 2 is 1.85 bits per heavy atom. The quantitative estimate of drug-likeness (QED) is 0.350. The molecule has 2 heterocycles. The molecule has 0 fully saturated rings. The fraction of sp³-hybridized carbons (Fsp3) is 0.208. The highest BCUT2D eigenvalue weighted by Gasteiger charge is 2.22. The first kappa shape index (κ1) is 22.9. The average molecular weight is 482 g/mol. The van der Waals surface area contributed by atoms with Gasteiger partial charge < -0.3 is 4.74 Å². The average Bonchev–Trinajstić information content (AvgIpc) is 3.26. The Kier molecular flexibility index (Phi) is 7.00. The Bertz CT molecular complexity index is 1340. The zero-order chi connectivity index (χ0) is 23.3. The zero-order valence-electron chi connectivity index (χ0n) is 18.0. The SMILES string of the molecule is COc1ccc2nc(N(Cc3ccccn3)C(=O)CCCS(=O)(=O)c3ccccc3)sc2c1. The number of hydrogen-bond acceptors (Lipinski definition) is 7. The second-order valence-corrected chi connectivity index (χ2v) is 10.5. The Labute approximate surface area is 196 Å². The molecule has 170 valence electrons. The number of methoxy groups -OCH3 is 1. The van der Waals surface area contributed by atoms with Gasteiger partial charge in [0.25, 0.3) is 0 Å². The van der Waals surface area contributed by atoms with Gasteiger partial charge in [0.2, 0.25) is 5.91 Å². The Hall–Kier alpha value is -3.30. The Balaban J connectivity index is 1.54. The standard InChI is InChI=1S/C24H23N3O4S2/c1-31-19-12-13-21-22(16-19)32-24(26-21)27(17-18-8-5-6-14-25-18)23(28)11-7-15-33(29,30)20-9-3-2-4-10-20/h2-6,8-10,12-14,16H,7,11,15,17H2,1H3. The van der Waals surface area contributed by atoms with Gasteiger partial charge in [-0.1, -0.05) is 35.6 Å². The first-order chi connectivity index (χ1) is 16.0. The van der Waals surface area contributed by atoms with Crippen molar-refractivity contribution in [3.05, 3.63) is 78.6 Å². The number of anilines is 1. The fourth-order valence-corrected chi connectivity index (χ4v) is 5.69. The molecule has 0 aliphatic rings. The van der Waals surface area contributed by atoms with Crippen LogP contribution in [0.3, 0.4) is 0 Å². The number of benzene rings is 2. The number of amides is 1. The molecule has 0 radical (unpaired) electrons. The van der Waals surface area contributed by atoms with Gasteiger partial charge >= 0.3 is 0 Å². The van der Waals surface area contributed by atoms with E-state index in [1.54, 1.807) is 48.5 Å². The number of pyridine rings is 1. The van der Waals surface area contributed by atoms with E-state index in [1.165, 1.54) is 11.3 Å². The van der Waals surface area contributed by atoms with Crippen molar-refractivity contribution in [2.45, 2.75) is 24.3 Å². The van der Waals surface area contributed by atoms with E-state index < -0.39 is 9.84 Å². The minimum Gasteiger partial charge on any atom is -0.497 e. The molecular formula is C24H23N3O4S2. The number of carbonyl (C=O) groups excluding carboxylic acids is 1. The largest absolute Gasteiger partial charge is 0.497 e. The van der Waals surface area contributed by atoms with E-state index in [9.17, 15) is 13.2 Å². The molecule has 0 atom stereocenters. The van der Waals surface area contributed by atoms with E-state index in [1.807, 2.05) is 36.4 Å². The summed E-state index contributed by atoms with van der Waals surface area (Å²) in [6.07, 6.45) is 1.97. The van der Waals surface area contributed by atoms with Crippen molar-refractivity contribution in [2.75, 3.05) is 17.8 Å². The number of carbonyl (C=O) groups is 1. The van der Waals surface area contributed by atoms with Gasteiger partial charge in [-0.3, -0.25) is 14.7 Å². The molecule has 0 saturated heterocycles. The van der Waals surface area contributed by atoms with Crippen LogP contribution in [0.5, 0.6) is 5.75 Å². The maximum atomic E-state index is 13.2. The van der Waals surface area contributed by atoms with E-state index >= 15 is 0 Å². The molecule has 2 aromatic carbocycles. The second-order valence-electron chi connectivity index (χ2n) is 7.37. The molecule has 0 bridgehead atoms. The van der Waals surface area contributed by atoms with Gasteiger partial charge in [-0.15, -0.1) is 0 Å². The van der Waals surface area contributed by atoms with Crippen LogP contribution >= 0.6 is 11.3 Å². The van der Waals surface area contributed by atoms with E-state index in [0.29, 0.717) is 10.9 Å². The Morgan fingerprint density at radius 1 is 1.06 bits per heavy atom. The summed E-state index contributed by atoms with van der Waals surface area (Å²) >= 11 is 1.39. The normalized spacial score (nSPS) is 11.4. The summed E-state index contributed by atoms with van der Waals surface area (Å²) in [5, 5.41) is 0.542. The van der Waals surface area contributed by atoms with Crippen molar-refractivity contribution < 1.29 is 17.9 Å². The number of thiazole rings is 1. The van der Waals surface area contributed by atoms with Gasteiger partial charge in [-0.25, -0.2) is 13.4 Å². The van der Waals surface area contributed by atoms with E-state index in [0.717, 1.165) is 15.9 Å². The van der Waals surface area contributed by atoms with Crippen LogP contribution in [0.15, 0.2) is 77.8 Å². The molecule has 1 amide bonds. The number of fused-ring (bicyclic) bond motifs is 1. The highest BCUT2D eigenvalue weighted by molar-refractivity contribution is 7.91. The monoisotopic (exact) mass is 481 g/mol. The first-order valence-corrected chi connectivity index (χ1v) is 12.9. The van der Waals surface area contributed by atoms with Crippen molar-refractivity contribution in [2.24, 2.45) is 0 Å². The maximum Gasteiger partial charge on any atom is 0.229 e. The van der Waals surface area contributed by atoms with E-state index in [2.05, 4.69) is 9.97 Å². The van der Waals surface area contributed by atoms with Crippen molar-refractivity contribution in [3.63, 3.8) is 0 Å². The molecule has 7 nitrogen and oxygen atoms in total. The summed E-state index contributed by atoms with van der Waals surface area (Å²) in [5.74, 6) is 0.415. The summed E-state index contributed by atoms with van der Waals surface area (Å²) < 4.78 is 31.3. The number of rotatable bonds is 9. The predicted octanol–water partition coefficient (Wildman–Crippen LogP) is 4.49. The van der Waals surface area contributed by atoms with Crippen LogP contribution < -0.4 is 9.64 Å². The van der Waals surface area contributed by atoms with Crippen LogP contribution in [0.2, 0.25) is 0 Å². The smallest absolute Gasteiger partial charge is 0.229 e. The van der Waals surface area contributed by atoms with Gasteiger partial charge in [0.05, 0.1) is 40.2 Å². The molecule has 0 saturated carbocycles. The molecule has 9 heteroatoms. The summed E-state index contributed by atoms with van der Waals surface area (Å²) in [4.78, 5) is 24.0. The van der Waals surface area contributed by atoms with Crippen LogP contribution in [0.25, 0.3) is 10.2 Å². The highest BCUT2D eigenvalue weighted by atomic mass is 32.2. The van der Waals surface area contributed by atoms with Crippen LogP contribution in [0.1, 0.15) is 18.5 Å². The maximum absolute atomic E-state index is 13.2. The lowest BCUT2D eigenvalue weighted by Gasteiger charge is -2.19. The van der Waals surface area contributed by atoms with Gasteiger partial charge in [0, 0.05) is 12.6 Å². The summed E-state index contributed by atoms with van der Waals surface area (Å²) in [6, 6.07) is 19.4. The van der Waals surface area contributed by atoms with Crippen molar-refractivity contribution in [3.8, 4) is 5.75 Å². The van der Waals surface area contributed by atoms with Gasteiger partial charge in [-0.05, 0) is 48.9 Å². The van der Waals surface area contributed by atoms with E-state index in [4.69, 9.17) is 4.74 Å². The van der Waals surface area contributed by atoms with Gasteiger partial charge in [-0.2, -0.15) is 0 Å². The molecule has 0 spiro atoms. The third kappa shape index (κ3) is 5.55. The topological polar surface area (TPSA) is 89.5 Å². The van der Waals surface area contributed by atoms with Crippen molar-refractivity contribution in [1.29, 1.82) is 0 Å². The minimum absolute atomic E-state index is 0.0815. The fourth-order valence-electron chi connectivity index (χ4n) is 3.35. The highest BCUT2D eigenvalue weighted by Crippen LogP contribution is 2.32. The number of nitrogens with zero attached hydrogens (tertiary/aromatic N) is 3. The van der Waals surface area contributed by atoms with Crippen LogP contribution in [0, 0.1) is 0 Å². The number of ether oxygens (including phenoxy) is 1. The molecule has 0 aliphatic carbocycles. The first-order valence-electron chi connectivity index (χ1n) is 10.4. The zero-order valence-corrected chi connectivity index (χ0v) is 19.7. The molecular weight excluding hydrogens is 458 g/mol. The van der Waals surface area contributed by atoms with Crippen LogP contribution in [-0.2, 0) is 21.2 Å². The predicted molar refractivity (Wildman–Crippen MR) is 129 cm³/mol. The lowest BCUT2D eigenvalue weighted by atomic mass is 10.2. The second kappa shape index (κ2) is 10.1. The summed E-state index contributed by atoms with van der Waals surface area (Å²) in [7, 11) is -1.84. The molecule has 0 unspecified atom stereocenters. The molecule has 33 heavy (non-hydrogen) atoms. The van der Waals surface area contributed by atoms with Gasteiger partial charge in [0.15, 0.2) is 15.0 Å². The van der Waals surface area contributed by atoms with Crippen LogP contribution in [-0.4, -0.2) is 37.2 Å². The number of hydrogen-bond donors (Lipinski definition) is 0. The molecule has 4 rings (SSSR count). The van der Waals surface area contributed by atoms with E-state index in [-0.39, 0.29) is 35.9 Å². The molecule has 0 N–H and O–H groups in total. The lowest BCUT2D eigenvalue weighted by molar-refractivity contribution is -0.118. The van der Waals surface area contributed by atoms with Gasteiger partial charge in [0.1, 0.15) is 5.75 Å². The lowest BCUT2D eigenvalue weighted by Crippen LogP contribution is -2.30. The molecule has 2 aromatic heterocycles. The third-order valence-corrected chi connectivity index (χ3v) is 7.93. The molecule has 4 aromatic rings. The number of aromatic nitrogens is 2. The third-order valence-electron chi connectivity index (χ3n) is 5.07. The Morgan fingerprint density at radius 3 is 2.58 bits per heavy atom. The minimum atomic E-state index is -3.44. The summed E-state index contributed by atoms with van der Waals surface area (Å²) in [5.41, 5.74) is 1.49.